The van der Waals surface area contributed by atoms with Crippen LogP contribution in [0, 0.1) is 5.92 Å². The van der Waals surface area contributed by atoms with E-state index in [2.05, 4.69) is 10.6 Å². The molecule has 1 aliphatic rings. The lowest BCUT2D eigenvalue weighted by Crippen LogP contribution is -2.46. The van der Waals surface area contributed by atoms with Crippen molar-refractivity contribution in [1.29, 1.82) is 0 Å². The van der Waals surface area contributed by atoms with Crippen LogP contribution in [-0.4, -0.2) is 25.0 Å². The van der Waals surface area contributed by atoms with Gasteiger partial charge in [0, 0.05) is 18.8 Å². The van der Waals surface area contributed by atoms with Crippen molar-refractivity contribution >= 4 is 17.6 Å². The molecule has 0 radical (unpaired) electrons. The lowest BCUT2D eigenvalue weighted by molar-refractivity contribution is -0.120. The van der Waals surface area contributed by atoms with E-state index >= 15 is 0 Å². The van der Waals surface area contributed by atoms with Gasteiger partial charge in [0.05, 0.1) is 0 Å². The van der Waals surface area contributed by atoms with E-state index in [0.717, 1.165) is 23.2 Å². The van der Waals surface area contributed by atoms with Gasteiger partial charge in [0.2, 0.25) is 0 Å². The summed E-state index contributed by atoms with van der Waals surface area (Å²) in [5.74, 6) is 0.234. The number of carbonyl (C=O) groups excluding carboxylic acids is 2. The second-order valence-electron chi connectivity index (χ2n) is 6.96. The number of urea groups is 1. The predicted octanol–water partition coefficient (Wildman–Crippen LogP) is 3.27. The second-order valence-corrected chi connectivity index (χ2v) is 6.96. The summed E-state index contributed by atoms with van der Waals surface area (Å²) < 4.78 is 0. The Kier molecular flexibility index (Phi) is 5.56. The zero-order valence-corrected chi connectivity index (χ0v) is 15.2. The minimum absolute atomic E-state index is 0.110. The van der Waals surface area contributed by atoms with Crippen molar-refractivity contribution in [3.8, 4) is 0 Å². The number of hydrogen-bond acceptors (Lipinski definition) is 2. The first-order valence-electron chi connectivity index (χ1n) is 9.05. The molecule has 2 aromatic rings. The second kappa shape index (κ2) is 8.04. The normalized spacial score (nSPS) is 14.0. The minimum Gasteiger partial charge on any atom is -0.338 e. The van der Waals surface area contributed by atoms with Crippen LogP contribution in [-0.2, 0) is 11.2 Å². The van der Waals surface area contributed by atoms with E-state index in [1.165, 1.54) is 0 Å². The third kappa shape index (κ3) is 4.04. The van der Waals surface area contributed by atoms with Crippen molar-refractivity contribution < 1.29 is 9.59 Å². The first-order chi connectivity index (χ1) is 12.6. The molecule has 1 heterocycles. The van der Waals surface area contributed by atoms with Gasteiger partial charge in [-0.05, 0) is 29.5 Å². The van der Waals surface area contributed by atoms with Crippen molar-refractivity contribution in [2.75, 3.05) is 18.0 Å². The first kappa shape index (κ1) is 18.0. The van der Waals surface area contributed by atoms with Crippen LogP contribution in [0.3, 0.4) is 0 Å². The number of carbonyl (C=O) groups is 2. The molecule has 3 rings (SSSR count). The van der Waals surface area contributed by atoms with Crippen LogP contribution in [0.2, 0.25) is 0 Å². The largest absolute Gasteiger partial charge is 0.338 e. The highest BCUT2D eigenvalue weighted by Crippen LogP contribution is 2.30. The molecular formula is C21H25N3O2. The standard InChI is InChI=1S/C21H25N3O2/c1-15(2)14-22-21(26)23-19(17-9-4-3-5-10-17)20(25)24-13-12-16-8-6-7-11-18(16)24/h3-11,15,19H,12-14H2,1-2H3,(H2,22,23,26). The molecule has 0 aliphatic carbocycles. The van der Waals surface area contributed by atoms with Crippen molar-refractivity contribution in [2.45, 2.75) is 26.3 Å². The van der Waals surface area contributed by atoms with E-state index in [4.69, 9.17) is 0 Å². The molecule has 0 saturated heterocycles. The molecule has 2 N–H and O–H groups in total. The average Bonchev–Trinajstić information content (AvgIpc) is 3.09. The Morgan fingerprint density at radius 1 is 1.04 bits per heavy atom. The molecule has 136 valence electrons. The third-order valence-electron chi connectivity index (χ3n) is 4.48. The maximum Gasteiger partial charge on any atom is 0.315 e. The number of nitrogens with one attached hydrogen (secondary N) is 2. The summed E-state index contributed by atoms with van der Waals surface area (Å²) >= 11 is 0. The molecule has 5 nitrogen and oxygen atoms in total. The van der Waals surface area contributed by atoms with E-state index < -0.39 is 6.04 Å². The number of nitrogens with zero attached hydrogens (tertiary/aromatic N) is 1. The minimum atomic E-state index is -0.713. The zero-order chi connectivity index (χ0) is 18.5. The van der Waals surface area contributed by atoms with Crippen LogP contribution in [0.4, 0.5) is 10.5 Å². The van der Waals surface area contributed by atoms with Gasteiger partial charge in [0.1, 0.15) is 6.04 Å². The summed E-state index contributed by atoms with van der Waals surface area (Å²) in [7, 11) is 0. The Morgan fingerprint density at radius 3 is 2.46 bits per heavy atom. The number of rotatable bonds is 5. The number of para-hydroxylation sites is 1. The quantitative estimate of drug-likeness (QED) is 0.868. The molecule has 1 atom stereocenters. The molecule has 0 spiro atoms. The van der Waals surface area contributed by atoms with E-state index in [1.807, 2.05) is 68.4 Å². The van der Waals surface area contributed by atoms with Crippen LogP contribution < -0.4 is 15.5 Å². The number of benzene rings is 2. The molecule has 26 heavy (non-hydrogen) atoms. The van der Waals surface area contributed by atoms with Gasteiger partial charge in [-0.3, -0.25) is 4.79 Å². The number of fused-ring (bicyclic) bond motifs is 1. The number of amides is 3. The van der Waals surface area contributed by atoms with E-state index in [1.54, 1.807) is 4.90 Å². The van der Waals surface area contributed by atoms with Gasteiger partial charge >= 0.3 is 6.03 Å². The topological polar surface area (TPSA) is 61.4 Å². The van der Waals surface area contributed by atoms with Gasteiger partial charge in [0.25, 0.3) is 5.91 Å². The van der Waals surface area contributed by atoms with Crippen molar-refractivity contribution in [2.24, 2.45) is 5.92 Å². The Labute approximate surface area is 154 Å². The predicted molar refractivity (Wildman–Crippen MR) is 103 cm³/mol. The molecule has 5 heteroatoms. The average molecular weight is 351 g/mol. The van der Waals surface area contributed by atoms with Gasteiger partial charge in [-0.15, -0.1) is 0 Å². The van der Waals surface area contributed by atoms with Gasteiger partial charge in [0.15, 0.2) is 0 Å². The van der Waals surface area contributed by atoms with Crippen LogP contribution in [0.5, 0.6) is 0 Å². The van der Waals surface area contributed by atoms with Crippen molar-refractivity contribution in [3.63, 3.8) is 0 Å². The highest BCUT2D eigenvalue weighted by molar-refractivity contribution is 6.01. The Bertz CT molecular complexity index is 774. The summed E-state index contributed by atoms with van der Waals surface area (Å²) in [6, 6.07) is 16.3. The molecule has 1 aliphatic heterocycles. The van der Waals surface area contributed by atoms with E-state index in [9.17, 15) is 9.59 Å². The molecular weight excluding hydrogens is 326 g/mol. The third-order valence-corrected chi connectivity index (χ3v) is 4.48. The van der Waals surface area contributed by atoms with Gasteiger partial charge < -0.3 is 15.5 Å². The fourth-order valence-corrected chi connectivity index (χ4v) is 3.14. The SMILES string of the molecule is CC(C)CNC(=O)NC(C(=O)N1CCc2ccccc21)c1ccccc1. The molecule has 2 aromatic carbocycles. The maximum absolute atomic E-state index is 13.3. The lowest BCUT2D eigenvalue weighted by Gasteiger charge is -2.25. The zero-order valence-electron chi connectivity index (χ0n) is 15.2. The monoisotopic (exact) mass is 351 g/mol. The highest BCUT2D eigenvalue weighted by atomic mass is 16.2. The highest BCUT2D eigenvalue weighted by Gasteiger charge is 2.32. The molecule has 1 unspecified atom stereocenters. The molecule has 3 amide bonds. The van der Waals surface area contributed by atoms with Gasteiger partial charge in [-0.1, -0.05) is 62.4 Å². The molecule has 0 bridgehead atoms. The smallest absolute Gasteiger partial charge is 0.315 e. The number of anilines is 1. The summed E-state index contributed by atoms with van der Waals surface area (Å²) in [6.07, 6.45) is 0.836. The summed E-state index contributed by atoms with van der Waals surface area (Å²) in [4.78, 5) is 27.3. The van der Waals surface area contributed by atoms with Crippen molar-refractivity contribution in [1.82, 2.24) is 10.6 Å². The van der Waals surface area contributed by atoms with E-state index in [-0.39, 0.29) is 11.9 Å². The van der Waals surface area contributed by atoms with Crippen LogP contribution in [0.15, 0.2) is 54.6 Å². The van der Waals surface area contributed by atoms with Gasteiger partial charge in [-0.2, -0.15) is 0 Å². The molecule has 0 aromatic heterocycles. The fraction of sp³-hybridized carbons (Fsp3) is 0.333. The van der Waals surface area contributed by atoms with Gasteiger partial charge in [-0.25, -0.2) is 4.79 Å². The van der Waals surface area contributed by atoms with Crippen LogP contribution in [0.25, 0.3) is 0 Å². The summed E-state index contributed by atoms with van der Waals surface area (Å²) in [6.45, 7) is 5.26. The lowest BCUT2D eigenvalue weighted by atomic mass is 10.1. The first-order valence-corrected chi connectivity index (χ1v) is 9.05. The number of hydrogen-bond donors (Lipinski definition) is 2. The molecule has 0 saturated carbocycles. The fourth-order valence-electron chi connectivity index (χ4n) is 3.14. The Balaban J connectivity index is 1.82. The Hall–Kier alpha value is -2.82. The summed E-state index contributed by atoms with van der Waals surface area (Å²) in [5, 5.41) is 5.68. The molecule has 0 fully saturated rings. The summed E-state index contributed by atoms with van der Waals surface area (Å²) in [5.41, 5.74) is 2.88. The van der Waals surface area contributed by atoms with Crippen LogP contribution >= 0.6 is 0 Å². The maximum atomic E-state index is 13.3. The van der Waals surface area contributed by atoms with E-state index in [0.29, 0.717) is 19.0 Å². The Morgan fingerprint density at radius 2 is 1.73 bits per heavy atom. The van der Waals surface area contributed by atoms with Crippen LogP contribution in [0.1, 0.15) is 31.0 Å². The van der Waals surface area contributed by atoms with Crippen molar-refractivity contribution in [3.05, 3.63) is 65.7 Å².